The molecule has 0 radical (unpaired) electrons. The Balaban J connectivity index is 1.40. The Kier molecular flexibility index (Phi) is 5.59. The Morgan fingerprint density at radius 3 is 2.38 bits per heavy atom. The second-order valence-electron chi connectivity index (χ2n) is 6.33. The molecular formula is C20H23FN2O. The molecule has 0 atom stereocenters. The number of nitrogens with one attached hydrogen (secondary N) is 1. The fourth-order valence-electron chi connectivity index (χ4n) is 3.23. The second-order valence-corrected chi connectivity index (χ2v) is 6.33. The third-order valence-electron chi connectivity index (χ3n) is 4.64. The van der Waals surface area contributed by atoms with Gasteiger partial charge in [-0.25, -0.2) is 4.39 Å². The van der Waals surface area contributed by atoms with Crippen molar-refractivity contribution in [2.75, 3.05) is 25.0 Å². The van der Waals surface area contributed by atoms with Gasteiger partial charge >= 0.3 is 0 Å². The Hall–Kier alpha value is -2.20. The first-order chi connectivity index (χ1) is 11.7. The summed E-state index contributed by atoms with van der Waals surface area (Å²) in [4.78, 5) is 14.3. The zero-order valence-corrected chi connectivity index (χ0v) is 13.7. The highest BCUT2D eigenvalue weighted by Gasteiger charge is 2.20. The van der Waals surface area contributed by atoms with E-state index in [4.69, 9.17) is 0 Å². The average Bonchev–Trinajstić information content (AvgIpc) is 2.63. The summed E-state index contributed by atoms with van der Waals surface area (Å²) in [7, 11) is 0. The first-order valence-corrected chi connectivity index (χ1v) is 8.53. The molecule has 126 valence electrons. The van der Waals surface area contributed by atoms with Gasteiger partial charge in [0.15, 0.2) is 0 Å². The number of benzene rings is 2. The predicted octanol–water partition coefficient (Wildman–Crippen LogP) is 4.03. The molecule has 0 unspecified atom stereocenters. The molecule has 2 aromatic carbocycles. The minimum Gasteiger partial charge on any atom is -0.326 e. The first-order valence-electron chi connectivity index (χ1n) is 8.53. The van der Waals surface area contributed by atoms with Crippen molar-refractivity contribution in [2.24, 2.45) is 0 Å². The summed E-state index contributed by atoms with van der Waals surface area (Å²) in [6.07, 6.45) is 2.75. The monoisotopic (exact) mass is 326 g/mol. The van der Waals surface area contributed by atoms with Gasteiger partial charge in [0.1, 0.15) is 5.82 Å². The van der Waals surface area contributed by atoms with Gasteiger partial charge in [-0.2, -0.15) is 0 Å². The molecule has 24 heavy (non-hydrogen) atoms. The van der Waals surface area contributed by atoms with Crippen molar-refractivity contribution in [3.05, 3.63) is 66.0 Å². The number of amides is 1. The number of halogens is 1. The number of piperidine rings is 1. The molecule has 0 spiro atoms. The standard InChI is InChI=1S/C20H23FN2O/c21-18-6-8-19(9-7-18)22-20(24)12-15-23-13-10-17(11-14-23)16-4-2-1-3-5-16/h1-9,17H,10-15H2,(H,22,24). The quantitative estimate of drug-likeness (QED) is 0.899. The molecule has 2 aromatic rings. The summed E-state index contributed by atoms with van der Waals surface area (Å²) in [6, 6.07) is 16.5. The van der Waals surface area contributed by atoms with Crippen molar-refractivity contribution >= 4 is 11.6 Å². The molecule has 0 saturated carbocycles. The van der Waals surface area contributed by atoms with Crippen molar-refractivity contribution in [1.82, 2.24) is 4.90 Å². The molecule has 4 heteroatoms. The summed E-state index contributed by atoms with van der Waals surface area (Å²) < 4.78 is 12.8. The van der Waals surface area contributed by atoms with Gasteiger partial charge in [0, 0.05) is 18.7 Å². The lowest BCUT2D eigenvalue weighted by atomic mass is 9.89. The normalized spacial score (nSPS) is 16.0. The van der Waals surface area contributed by atoms with Crippen LogP contribution in [-0.4, -0.2) is 30.4 Å². The Morgan fingerprint density at radius 1 is 1.04 bits per heavy atom. The van der Waals surface area contributed by atoms with E-state index < -0.39 is 0 Å². The SMILES string of the molecule is O=C(CCN1CCC(c2ccccc2)CC1)Nc1ccc(F)cc1. The van der Waals surface area contributed by atoms with Crippen LogP contribution in [0.2, 0.25) is 0 Å². The van der Waals surface area contributed by atoms with Crippen molar-refractivity contribution in [2.45, 2.75) is 25.2 Å². The highest BCUT2D eigenvalue weighted by molar-refractivity contribution is 5.90. The van der Waals surface area contributed by atoms with E-state index in [1.54, 1.807) is 12.1 Å². The van der Waals surface area contributed by atoms with Gasteiger partial charge in [-0.1, -0.05) is 30.3 Å². The van der Waals surface area contributed by atoms with Crippen LogP contribution in [0.4, 0.5) is 10.1 Å². The van der Waals surface area contributed by atoms with Gasteiger partial charge in [0.2, 0.25) is 5.91 Å². The number of hydrogen-bond donors (Lipinski definition) is 1. The fraction of sp³-hybridized carbons (Fsp3) is 0.350. The fourth-order valence-corrected chi connectivity index (χ4v) is 3.23. The molecule has 1 fully saturated rings. The lowest BCUT2D eigenvalue weighted by Crippen LogP contribution is -2.35. The Labute approximate surface area is 142 Å². The third kappa shape index (κ3) is 4.65. The zero-order valence-electron chi connectivity index (χ0n) is 13.7. The summed E-state index contributed by atoms with van der Waals surface area (Å²) in [5.74, 6) is 0.316. The maximum atomic E-state index is 12.8. The van der Waals surface area contributed by atoms with Crippen molar-refractivity contribution in [1.29, 1.82) is 0 Å². The van der Waals surface area contributed by atoms with E-state index in [2.05, 4.69) is 40.5 Å². The molecule has 1 aliphatic heterocycles. The number of nitrogens with zero attached hydrogens (tertiary/aromatic N) is 1. The molecule has 1 N–H and O–H groups in total. The maximum absolute atomic E-state index is 12.8. The number of likely N-dealkylation sites (tertiary alicyclic amines) is 1. The topological polar surface area (TPSA) is 32.3 Å². The van der Waals surface area contributed by atoms with E-state index in [1.165, 1.54) is 17.7 Å². The summed E-state index contributed by atoms with van der Waals surface area (Å²) in [6.45, 7) is 2.83. The number of hydrogen-bond acceptors (Lipinski definition) is 2. The summed E-state index contributed by atoms with van der Waals surface area (Å²) in [5, 5.41) is 2.81. The molecule has 0 bridgehead atoms. The van der Waals surface area contributed by atoms with Crippen molar-refractivity contribution in [3.8, 4) is 0 Å². The van der Waals surface area contributed by atoms with Crippen LogP contribution in [0.5, 0.6) is 0 Å². The van der Waals surface area contributed by atoms with Crippen LogP contribution in [0.3, 0.4) is 0 Å². The number of carbonyl (C=O) groups excluding carboxylic acids is 1. The van der Waals surface area contributed by atoms with E-state index in [0.717, 1.165) is 32.5 Å². The van der Waals surface area contributed by atoms with Crippen LogP contribution in [0.15, 0.2) is 54.6 Å². The highest BCUT2D eigenvalue weighted by Crippen LogP contribution is 2.27. The molecule has 3 rings (SSSR count). The molecule has 0 aromatic heterocycles. The molecular weight excluding hydrogens is 303 g/mol. The van der Waals surface area contributed by atoms with Crippen LogP contribution in [0, 0.1) is 5.82 Å². The van der Waals surface area contributed by atoms with Crippen LogP contribution >= 0.6 is 0 Å². The highest BCUT2D eigenvalue weighted by atomic mass is 19.1. The van der Waals surface area contributed by atoms with Gasteiger partial charge in [-0.05, 0) is 61.7 Å². The van der Waals surface area contributed by atoms with Gasteiger partial charge in [0.05, 0.1) is 0 Å². The average molecular weight is 326 g/mol. The minimum absolute atomic E-state index is 0.0215. The van der Waals surface area contributed by atoms with E-state index >= 15 is 0 Å². The molecule has 1 heterocycles. The maximum Gasteiger partial charge on any atom is 0.225 e. The summed E-state index contributed by atoms with van der Waals surface area (Å²) >= 11 is 0. The lowest BCUT2D eigenvalue weighted by Gasteiger charge is -2.32. The smallest absolute Gasteiger partial charge is 0.225 e. The van der Waals surface area contributed by atoms with Gasteiger partial charge in [-0.3, -0.25) is 4.79 Å². The van der Waals surface area contributed by atoms with Crippen LogP contribution in [0.1, 0.15) is 30.7 Å². The lowest BCUT2D eigenvalue weighted by molar-refractivity contribution is -0.116. The molecule has 3 nitrogen and oxygen atoms in total. The number of anilines is 1. The van der Waals surface area contributed by atoms with Gasteiger partial charge in [0.25, 0.3) is 0 Å². The van der Waals surface area contributed by atoms with Crippen molar-refractivity contribution < 1.29 is 9.18 Å². The second kappa shape index (κ2) is 8.06. The number of carbonyl (C=O) groups is 1. The van der Waals surface area contributed by atoms with Crippen LogP contribution < -0.4 is 5.32 Å². The largest absolute Gasteiger partial charge is 0.326 e. The first kappa shape index (κ1) is 16.7. The predicted molar refractivity (Wildman–Crippen MR) is 94.5 cm³/mol. The van der Waals surface area contributed by atoms with E-state index in [-0.39, 0.29) is 11.7 Å². The van der Waals surface area contributed by atoms with E-state index in [1.807, 2.05) is 0 Å². The number of rotatable bonds is 5. The van der Waals surface area contributed by atoms with E-state index in [0.29, 0.717) is 18.0 Å². The van der Waals surface area contributed by atoms with Crippen LogP contribution in [-0.2, 0) is 4.79 Å². The Morgan fingerprint density at radius 2 is 1.71 bits per heavy atom. The van der Waals surface area contributed by atoms with Gasteiger partial charge in [-0.15, -0.1) is 0 Å². The van der Waals surface area contributed by atoms with Crippen molar-refractivity contribution in [3.63, 3.8) is 0 Å². The molecule has 1 aliphatic rings. The molecule has 1 amide bonds. The summed E-state index contributed by atoms with van der Waals surface area (Å²) in [5.41, 5.74) is 2.07. The molecule has 0 aliphatic carbocycles. The third-order valence-corrected chi connectivity index (χ3v) is 4.64. The zero-order chi connectivity index (χ0) is 16.8. The molecule has 1 saturated heterocycles. The van der Waals surface area contributed by atoms with E-state index in [9.17, 15) is 9.18 Å². The van der Waals surface area contributed by atoms with Crippen LogP contribution in [0.25, 0.3) is 0 Å². The minimum atomic E-state index is -0.297. The Bertz CT molecular complexity index is 649. The van der Waals surface area contributed by atoms with Gasteiger partial charge < -0.3 is 10.2 Å².